The predicted octanol–water partition coefficient (Wildman–Crippen LogP) is 7.25. The van der Waals surface area contributed by atoms with Gasteiger partial charge in [-0.25, -0.2) is 0 Å². The van der Waals surface area contributed by atoms with Crippen molar-refractivity contribution in [1.29, 1.82) is 0 Å². The summed E-state index contributed by atoms with van der Waals surface area (Å²) in [6.45, 7) is 6.16. The Kier molecular flexibility index (Phi) is 17.5. The maximum absolute atomic E-state index is 3.88. The van der Waals surface area contributed by atoms with Gasteiger partial charge in [0.1, 0.15) is 0 Å². The number of unbranched alkanes of at least 4 members (excludes halogenated alkanes) is 13. The molecule has 0 aliphatic carbocycles. The molecule has 0 aliphatic heterocycles. The van der Waals surface area contributed by atoms with Gasteiger partial charge in [-0.15, -0.1) is 0 Å². The van der Waals surface area contributed by atoms with Gasteiger partial charge in [-0.05, 0) is 25.7 Å². The average Bonchev–Trinajstić information content (AvgIpc) is 2.43. The van der Waals surface area contributed by atoms with Crippen LogP contribution in [-0.2, 0) is 0 Å². The Labute approximate surface area is 123 Å². The van der Waals surface area contributed by atoms with E-state index in [2.05, 4.69) is 26.0 Å². The Morgan fingerprint density at radius 1 is 0.579 bits per heavy atom. The van der Waals surface area contributed by atoms with Crippen LogP contribution in [0.5, 0.6) is 0 Å². The van der Waals surface area contributed by atoms with Gasteiger partial charge in [-0.1, -0.05) is 96.6 Å². The zero-order chi connectivity index (χ0) is 14.0. The third-order valence-corrected chi connectivity index (χ3v) is 3.76. The van der Waals surface area contributed by atoms with Gasteiger partial charge in [0, 0.05) is 0 Å². The third kappa shape index (κ3) is 17.7. The second kappa shape index (κ2) is 17.7. The molecule has 0 aromatic rings. The van der Waals surface area contributed by atoms with E-state index in [0.717, 1.165) is 6.42 Å². The number of hydrogen-bond acceptors (Lipinski definition) is 0. The van der Waals surface area contributed by atoms with Gasteiger partial charge in [-0.3, -0.25) is 0 Å². The van der Waals surface area contributed by atoms with Crippen LogP contribution in [0.4, 0.5) is 0 Å². The summed E-state index contributed by atoms with van der Waals surface area (Å²) in [5.41, 5.74) is 0. The normalized spacial score (nSPS) is 11.5. The summed E-state index contributed by atoms with van der Waals surface area (Å²) in [7, 11) is 0. The Morgan fingerprint density at radius 2 is 1.00 bits per heavy atom. The standard InChI is InChI=1S/C19H37/c1-3-5-7-9-11-13-15-17-19-18-16-14-12-10-8-6-4-2/h15,17H,1,3-14,16,18-19H2,2H3/b17-15+. The van der Waals surface area contributed by atoms with Crippen molar-refractivity contribution in [3.8, 4) is 0 Å². The summed E-state index contributed by atoms with van der Waals surface area (Å²) < 4.78 is 0. The highest BCUT2D eigenvalue weighted by Gasteiger charge is 1.90. The molecule has 0 aromatic carbocycles. The zero-order valence-corrected chi connectivity index (χ0v) is 13.5. The molecule has 0 nitrogen and oxygen atoms in total. The third-order valence-electron chi connectivity index (χ3n) is 3.76. The molecule has 0 bridgehead atoms. The van der Waals surface area contributed by atoms with Crippen LogP contribution < -0.4 is 0 Å². The molecule has 0 spiro atoms. The monoisotopic (exact) mass is 265 g/mol. The highest BCUT2D eigenvalue weighted by atomic mass is 14.0. The summed E-state index contributed by atoms with van der Waals surface area (Å²) in [4.78, 5) is 0. The molecular weight excluding hydrogens is 228 g/mol. The first-order valence-electron chi connectivity index (χ1n) is 8.86. The molecule has 0 amide bonds. The Hall–Kier alpha value is -0.260. The van der Waals surface area contributed by atoms with Crippen LogP contribution >= 0.6 is 0 Å². The van der Waals surface area contributed by atoms with E-state index >= 15 is 0 Å². The molecule has 0 heteroatoms. The van der Waals surface area contributed by atoms with Gasteiger partial charge in [0.15, 0.2) is 0 Å². The van der Waals surface area contributed by atoms with Crippen molar-refractivity contribution >= 4 is 0 Å². The van der Waals surface area contributed by atoms with Crippen LogP contribution in [0.1, 0.15) is 103 Å². The number of rotatable bonds is 15. The van der Waals surface area contributed by atoms with Crippen molar-refractivity contribution < 1.29 is 0 Å². The summed E-state index contributed by atoms with van der Waals surface area (Å²) in [5, 5.41) is 0. The predicted molar refractivity (Wildman–Crippen MR) is 89.4 cm³/mol. The van der Waals surface area contributed by atoms with Crippen molar-refractivity contribution in [3.63, 3.8) is 0 Å². The van der Waals surface area contributed by atoms with E-state index in [1.807, 2.05) is 0 Å². The average molecular weight is 266 g/mol. The molecule has 0 heterocycles. The van der Waals surface area contributed by atoms with E-state index in [1.54, 1.807) is 0 Å². The summed E-state index contributed by atoms with van der Waals surface area (Å²) in [5.74, 6) is 0. The van der Waals surface area contributed by atoms with E-state index in [1.165, 1.54) is 89.9 Å². The molecule has 0 aromatic heterocycles. The molecule has 0 fully saturated rings. The molecule has 0 saturated carbocycles. The van der Waals surface area contributed by atoms with Crippen molar-refractivity contribution in [2.75, 3.05) is 0 Å². The molecule has 0 atom stereocenters. The van der Waals surface area contributed by atoms with Crippen LogP contribution in [0.3, 0.4) is 0 Å². The smallest absolute Gasteiger partial charge is 0.0351 e. The molecule has 0 rings (SSSR count). The lowest BCUT2D eigenvalue weighted by atomic mass is 10.1. The Balaban J connectivity index is 3.00. The quantitative estimate of drug-likeness (QED) is 0.216. The van der Waals surface area contributed by atoms with Gasteiger partial charge in [-0.2, -0.15) is 0 Å². The summed E-state index contributed by atoms with van der Waals surface area (Å²) in [6, 6.07) is 0. The van der Waals surface area contributed by atoms with E-state index in [9.17, 15) is 0 Å². The number of allylic oxidation sites excluding steroid dienone is 2. The second-order valence-corrected chi connectivity index (χ2v) is 5.79. The molecule has 1 radical (unpaired) electrons. The van der Waals surface area contributed by atoms with E-state index in [0.29, 0.717) is 0 Å². The SMILES string of the molecule is [CH2]CCCCCC/C=C/CCCCCCCCCC. The highest BCUT2D eigenvalue weighted by molar-refractivity contribution is 4.81. The van der Waals surface area contributed by atoms with Crippen LogP contribution in [0.2, 0.25) is 0 Å². The van der Waals surface area contributed by atoms with Gasteiger partial charge in [0.25, 0.3) is 0 Å². The molecule has 113 valence electrons. The molecule has 0 N–H and O–H groups in total. The minimum atomic E-state index is 1.11. The first kappa shape index (κ1) is 18.7. The maximum Gasteiger partial charge on any atom is -0.0351 e. The van der Waals surface area contributed by atoms with Crippen LogP contribution in [0, 0.1) is 6.92 Å². The summed E-state index contributed by atoms with van der Waals surface area (Å²) in [6.07, 6.45) is 25.3. The van der Waals surface area contributed by atoms with Crippen molar-refractivity contribution in [2.45, 2.75) is 103 Å². The molecule has 19 heavy (non-hydrogen) atoms. The lowest BCUT2D eigenvalue weighted by molar-refractivity contribution is 0.577. The minimum absolute atomic E-state index is 1.11. The highest BCUT2D eigenvalue weighted by Crippen LogP contribution is 2.10. The van der Waals surface area contributed by atoms with E-state index < -0.39 is 0 Å². The van der Waals surface area contributed by atoms with Crippen LogP contribution in [-0.4, -0.2) is 0 Å². The zero-order valence-electron chi connectivity index (χ0n) is 13.5. The molecular formula is C19H37. The van der Waals surface area contributed by atoms with Crippen molar-refractivity contribution in [2.24, 2.45) is 0 Å². The first-order chi connectivity index (χ1) is 9.41. The fraction of sp³-hybridized carbons (Fsp3) is 0.842. The lowest BCUT2D eigenvalue weighted by Gasteiger charge is -2.00. The molecule has 0 saturated heterocycles. The van der Waals surface area contributed by atoms with Gasteiger partial charge in [0.05, 0.1) is 0 Å². The van der Waals surface area contributed by atoms with Crippen LogP contribution in [0.15, 0.2) is 12.2 Å². The van der Waals surface area contributed by atoms with Gasteiger partial charge < -0.3 is 0 Å². The maximum atomic E-state index is 3.88. The topological polar surface area (TPSA) is 0 Å². The fourth-order valence-electron chi connectivity index (χ4n) is 2.42. The van der Waals surface area contributed by atoms with E-state index in [-0.39, 0.29) is 0 Å². The Morgan fingerprint density at radius 3 is 1.47 bits per heavy atom. The lowest BCUT2D eigenvalue weighted by Crippen LogP contribution is -1.80. The Bertz CT molecular complexity index is 169. The van der Waals surface area contributed by atoms with Crippen LogP contribution in [0.25, 0.3) is 0 Å². The first-order valence-corrected chi connectivity index (χ1v) is 8.86. The second-order valence-electron chi connectivity index (χ2n) is 5.79. The van der Waals surface area contributed by atoms with Crippen molar-refractivity contribution in [3.05, 3.63) is 19.1 Å². The number of hydrogen-bond donors (Lipinski definition) is 0. The minimum Gasteiger partial charge on any atom is -0.0885 e. The molecule has 0 aliphatic rings. The largest absolute Gasteiger partial charge is 0.0885 e. The van der Waals surface area contributed by atoms with Gasteiger partial charge >= 0.3 is 0 Å². The van der Waals surface area contributed by atoms with E-state index in [4.69, 9.17) is 0 Å². The summed E-state index contributed by atoms with van der Waals surface area (Å²) >= 11 is 0. The molecule has 0 unspecified atom stereocenters. The van der Waals surface area contributed by atoms with Gasteiger partial charge in [0.2, 0.25) is 0 Å². The van der Waals surface area contributed by atoms with Crippen molar-refractivity contribution in [1.82, 2.24) is 0 Å². The fourth-order valence-corrected chi connectivity index (χ4v) is 2.42.